The van der Waals surface area contributed by atoms with Crippen LogP contribution in [0.25, 0.3) is 0 Å². The standard InChI is InChI=1S/C13H18N2O.ClH/c14-10-11-4-6-12(7-5-11)13(16)15-8-2-1-3-9-15;/h4-7H,1-3,8-10,14H2;1H. The predicted molar refractivity (Wildman–Crippen MR) is 71.3 cm³/mol. The average Bonchev–Trinajstić information content (AvgIpc) is 2.39. The minimum atomic E-state index is 0. The zero-order chi connectivity index (χ0) is 11.4. The lowest BCUT2D eigenvalue weighted by molar-refractivity contribution is 0.0724. The minimum Gasteiger partial charge on any atom is -0.339 e. The Kier molecular flexibility index (Phi) is 5.45. The Morgan fingerprint density at radius 2 is 1.71 bits per heavy atom. The third-order valence-corrected chi connectivity index (χ3v) is 3.08. The summed E-state index contributed by atoms with van der Waals surface area (Å²) in [4.78, 5) is 14.0. The van der Waals surface area contributed by atoms with E-state index >= 15 is 0 Å². The number of carbonyl (C=O) groups is 1. The van der Waals surface area contributed by atoms with E-state index in [9.17, 15) is 4.79 Å². The first-order chi connectivity index (χ1) is 7.81. The fourth-order valence-corrected chi connectivity index (χ4v) is 2.06. The first-order valence-electron chi connectivity index (χ1n) is 5.89. The van der Waals surface area contributed by atoms with Gasteiger partial charge in [0.15, 0.2) is 0 Å². The molecule has 2 N–H and O–H groups in total. The molecule has 94 valence electrons. The number of hydrogen-bond acceptors (Lipinski definition) is 2. The van der Waals surface area contributed by atoms with Gasteiger partial charge in [-0.05, 0) is 37.0 Å². The second kappa shape index (κ2) is 6.62. The number of halogens is 1. The molecule has 1 aromatic carbocycles. The molecule has 1 aromatic rings. The molecule has 0 aliphatic carbocycles. The highest BCUT2D eigenvalue weighted by Gasteiger charge is 2.17. The van der Waals surface area contributed by atoms with Crippen molar-refractivity contribution in [3.05, 3.63) is 35.4 Å². The van der Waals surface area contributed by atoms with Crippen molar-refractivity contribution in [3.63, 3.8) is 0 Å². The number of benzene rings is 1. The number of piperidine rings is 1. The van der Waals surface area contributed by atoms with E-state index in [2.05, 4.69) is 0 Å². The lowest BCUT2D eigenvalue weighted by Crippen LogP contribution is -2.35. The topological polar surface area (TPSA) is 46.3 Å². The van der Waals surface area contributed by atoms with Gasteiger partial charge in [-0.2, -0.15) is 0 Å². The second-order valence-electron chi connectivity index (χ2n) is 4.25. The molecule has 1 aliphatic rings. The Bertz CT molecular complexity index is 358. The molecular formula is C13H19ClN2O. The third kappa shape index (κ3) is 3.45. The Morgan fingerprint density at radius 1 is 1.12 bits per heavy atom. The second-order valence-corrected chi connectivity index (χ2v) is 4.25. The molecule has 0 saturated carbocycles. The van der Waals surface area contributed by atoms with Crippen molar-refractivity contribution in [2.24, 2.45) is 5.73 Å². The lowest BCUT2D eigenvalue weighted by atomic mass is 10.1. The molecule has 17 heavy (non-hydrogen) atoms. The van der Waals surface area contributed by atoms with Gasteiger partial charge < -0.3 is 10.6 Å². The smallest absolute Gasteiger partial charge is 0.253 e. The van der Waals surface area contributed by atoms with Gasteiger partial charge in [-0.1, -0.05) is 12.1 Å². The number of hydrogen-bond donors (Lipinski definition) is 1. The highest BCUT2D eigenvalue weighted by atomic mass is 35.5. The third-order valence-electron chi connectivity index (χ3n) is 3.08. The number of amides is 1. The van der Waals surface area contributed by atoms with E-state index in [1.165, 1.54) is 6.42 Å². The first-order valence-corrected chi connectivity index (χ1v) is 5.89. The van der Waals surface area contributed by atoms with Crippen LogP contribution in [-0.2, 0) is 6.54 Å². The summed E-state index contributed by atoms with van der Waals surface area (Å²) >= 11 is 0. The van der Waals surface area contributed by atoms with Gasteiger partial charge in [0.1, 0.15) is 0 Å². The molecule has 0 spiro atoms. The number of nitrogens with zero attached hydrogens (tertiary/aromatic N) is 1. The molecule has 2 rings (SSSR count). The van der Waals surface area contributed by atoms with Crippen LogP contribution >= 0.6 is 12.4 Å². The minimum absolute atomic E-state index is 0. The largest absolute Gasteiger partial charge is 0.339 e. The Hall–Kier alpha value is -1.06. The maximum absolute atomic E-state index is 12.1. The van der Waals surface area contributed by atoms with Crippen LogP contribution in [0.15, 0.2) is 24.3 Å². The normalized spacial score (nSPS) is 15.2. The van der Waals surface area contributed by atoms with Crippen LogP contribution in [0, 0.1) is 0 Å². The lowest BCUT2D eigenvalue weighted by Gasteiger charge is -2.26. The predicted octanol–water partition coefficient (Wildman–Crippen LogP) is 2.19. The van der Waals surface area contributed by atoms with Crippen LogP contribution in [0.2, 0.25) is 0 Å². The quantitative estimate of drug-likeness (QED) is 0.880. The van der Waals surface area contributed by atoms with E-state index in [0.717, 1.165) is 37.1 Å². The summed E-state index contributed by atoms with van der Waals surface area (Å²) in [6, 6.07) is 7.60. The summed E-state index contributed by atoms with van der Waals surface area (Å²) in [6.45, 7) is 2.33. The molecule has 0 bridgehead atoms. The van der Waals surface area contributed by atoms with Crippen molar-refractivity contribution in [3.8, 4) is 0 Å². The van der Waals surface area contributed by atoms with Gasteiger partial charge in [-0.3, -0.25) is 4.79 Å². The highest BCUT2D eigenvalue weighted by Crippen LogP contribution is 2.13. The molecule has 0 aromatic heterocycles. The van der Waals surface area contributed by atoms with Crippen molar-refractivity contribution in [1.29, 1.82) is 0 Å². The van der Waals surface area contributed by atoms with Crippen LogP contribution < -0.4 is 5.73 Å². The SMILES string of the molecule is Cl.NCc1ccc(C(=O)N2CCCCC2)cc1. The van der Waals surface area contributed by atoms with Gasteiger partial charge in [-0.15, -0.1) is 12.4 Å². The first kappa shape index (κ1) is 14.0. The van der Waals surface area contributed by atoms with Gasteiger partial charge in [-0.25, -0.2) is 0 Å². The van der Waals surface area contributed by atoms with Gasteiger partial charge in [0, 0.05) is 25.2 Å². The van der Waals surface area contributed by atoms with Crippen LogP contribution in [0.5, 0.6) is 0 Å². The monoisotopic (exact) mass is 254 g/mol. The Labute approximate surface area is 108 Å². The fourth-order valence-electron chi connectivity index (χ4n) is 2.06. The molecule has 0 atom stereocenters. The van der Waals surface area contributed by atoms with Crippen molar-refractivity contribution >= 4 is 18.3 Å². The maximum Gasteiger partial charge on any atom is 0.253 e. The van der Waals surface area contributed by atoms with E-state index in [-0.39, 0.29) is 18.3 Å². The summed E-state index contributed by atoms with van der Waals surface area (Å²) in [5.74, 6) is 0.156. The average molecular weight is 255 g/mol. The molecule has 1 fully saturated rings. The highest BCUT2D eigenvalue weighted by molar-refractivity contribution is 5.94. The number of nitrogens with two attached hydrogens (primary N) is 1. The van der Waals surface area contributed by atoms with E-state index in [4.69, 9.17) is 5.73 Å². The molecule has 4 heteroatoms. The molecular weight excluding hydrogens is 236 g/mol. The van der Waals surface area contributed by atoms with Gasteiger partial charge in [0.2, 0.25) is 0 Å². The summed E-state index contributed by atoms with van der Waals surface area (Å²) in [5, 5.41) is 0. The zero-order valence-corrected chi connectivity index (χ0v) is 10.7. The van der Waals surface area contributed by atoms with E-state index in [1.54, 1.807) is 0 Å². The number of carbonyl (C=O) groups excluding carboxylic acids is 1. The number of rotatable bonds is 2. The van der Waals surface area contributed by atoms with Crippen LogP contribution in [0.4, 0.5) is 0 Å². The van der Waals surface area contributed by atoms with Gasteiger partial charge >= 0.3 is 0 Å². The fraction of sp³-hybridized carbons (Fsp3) is 0.462. The number of likely N-dealkylation sites (tertiary alicyclic amines) is 1. The van der Waals surface area contributed by atoms with Crippen LogP contribution in [0.3, 0.4) is 0 Å². The molecule has 1 heterocycles. The van der Waals surface area contributed by atoms with E-state index in [1.807, 2.05) is 29.2 Å². The summed E-state index contributed by atoms with van der Waals surface area (Å²) in [5.41, 5.74) is 7.37. The molecule has 1 amide bonds. The summed E-state index contributed by atoms with van der Waals surface area (Å²) in [6.07, 6.45) is 3.51. The molecule has 1 saturated heterocycles. The van der Waals surface area contributed by atoms with Gasteiger partial charge in [0.25, 0.3) is 5.91 Å². The zero-order valence-electron chi connectivity index (χ0n) is 9.89. The van der Waals surface area contributed by atoms with E-state index < -0.39 is 0 Å². The van der Waals surface area contributed by atoms with Gasteiger partial charge in [0.05, 0.1) is 0 Å². The maximum atomic E-state index is 12.1. The summed E-state index contributed by atoms with van der Waals surface area (Å²) in [7, 11) is 0. The van der Waals surface area contributed by atoms with Crippen LogP contribution in [-0.4, -0.2) is 23.9 Å². The van der Waals surface area contributed by atoms with Crippen LogP contribution in [0.1, 0.15) is 35.2 Å². The molecule has 1 aliphatic heterocycles. The van der Waals surface area contributed by atoms with Crippen molar-refractivity contribution in [2.75, 3.05) is 13.1 Å². The molecule has 0 unspecified atom stereocenters. The van der Waals surface area contributed by atoms with E-state index in [0.29, 0.717) is 6.54 Å². The summed E-state index contributed by atoms with van der Waals surface area (Å²) < 4.78 is 0. The van der Waals surface area contributed by atoms with Crippen molar-refractivity contribution in [2.45, 2.75) is 25.8 Å². The Balaban J connectivity index is 0.00000144. The van der Waals surface area contributed by atoms with Crippen molar-refractivity contribution < 1.29 is 4.79 Å². The molecule has 0 radical (unpaired) electrons. The molecule has 3 nitrogen and oxygen atoms in total. The Morgan fingerprint density at radius 3 is 2.24 bits per heavy atom. The van der Waals surface area contributed by atoms with Crippen molar-refractivity contribution in [1.82, 2.24) is 4.90 Å².